The van der Waals surface area contributed by atoms with Crippen LogP contribution in [0.2, 0.25) is 0 Å². The molecule has 7 heteroatoms. The van der Waals surface area contributed by atoms with Gasteiger partial charge >= 0.3 is 0 Å². The topological polar surface area (TPSA) is 51.0 Å². The standard InChI is InChI=1S/C24H26N4OS.ClH/c1-3-19-8-9-21-22(15-19)30-24(26-21)28(12-5-11-27-13-10-25-17-27)23(29)16-20-7-4-6-18(2)14-20;/h4,6-10,13-15,17H,3,5,11-12,16H2,1-2H3;1H. The number of aromatic nitrogens is 3. The first-order valence-electron chi connectivity index (χ1n) is 10.3. The first-order valence-corrected chi connectivity index (χ1v) is 11.1. The number of carbonyl (C=O) groups excluding carboxylic acids is 1. The number of thiazole rings is 1. The van der Waals surface area contributed by atoms with Gasteiger partial charge in [0.25, 0.3) is 0 Å². The summed E-state index contributed by atoms with van der Waals surface area (Å²) in [6.07, 6.45) is 7.74. The van der Waals surface area contributed by atoms with Gasteiger partial charge < -0.3 is 4.57 Å². The summed E-state index contributed by atoms with van der Waals surface area (Å²) in [4.78, 5) is 24.0. The highest BCUT2D eigenvalue weighted by atomic mass is 35.5. The normalized spacial score (nSPS) is 10.8. The highest BCUT2D eigenvalue weighted by molar-refractivity contribution is 7.22. The van der Waals surface area contributed by atoms with Crippen LogP contribution in [0.4, 0.5) is 5.13 Å². The maximum absolute atomic E-state index is 13.3. The van der Waals surface area contributed by atoms with Gasteiger partial charge in [-0.3, -0.25) is 9.69 Å². The van der Waals surface area contributed by atoms with E-state index in [2.05, 4.69) is 49.2 Å². The fraction of sp³-hybridized carbons (Fsp3) is 0.292. The number of hydrogen-bond acceptors (Lipinski definition) is 4. The van der Waals surface area contributed by atoms with E-state index in [4.69, 9.17) is 4.98 Å². The molecule has 0 N–H and O–H groups in total. The predicted molar refractivity (Wildman–Crippen MR) is 130 cm³/mol. The molecule has 0 saturated carbocycles. The van der Waals surface area contributed by atoms with E-state index in [1.54, 1.807) is 17.5 Å². The summed E-state index contributed by atoms with van der Waals surface area (Å²) in [5.41, 5.74) is 4.44. The number of fused-ring (bicyclic) bond motifs is 1. The molecule has 0 aliphatic rings. The third-order valence-electron chi connectivity index (χ3n) is 5.18. The Morgan fingerprint density at radius 3 is 2.77 bits per heavy atom. The fourth-order valence-corrected chi connectivity index (χ4v) is 4.61. The minimum atomic E-state index is 0. The Kier molecular flexibility index (Phi) is 7.82. The number of anilines is 1. The van der Waals surface area contributed by atoms with E-state index in [1.807, 2.05) is 34.1 Å². The fourth-order valence-electron chi connectivity index (χ4n) is 3.54. The number of nitrogens with zero attached hydrogens (tertiary/aromatic N) is 4. The zero-order valence-corrected chi connectivity index (χ0v) is 19.5. The Balaban J connectivity index is 0.00000272. The van der Waals surface area contributed by atoms with Crippen LogP contribution in [0.15, 0.2) is 61.2 Å². The van der Waals surface area contributed by atoms with E-state index in [-0.39, 0.29) is 18.3 Å². The summed E-state index contributed by atoms with van der Waals surface area (Å²) >= 11 is 1.60. The Hall–Kier alpha value is -2.70. The molecular weight excluding hydrogens is 428 g/mol. The zero-order valence-electron chi connectivity index (χ0n) is 17.8. The summed E-state index contributed by atoms with van der Waals surface area (Å²) in [5, 5.41) is 0.779. The summed E-state index contributed by atoms with van der Waals surface area (Å²) in [6, 6.07) is 14.5. The predicted octanol–water partition coefficient (Wildman–Crippen LogP) is 5.45. The first-order chi connectivity index (χ1) is 14.6. The average molecular weight is 455 g/mol. The first kappa shape index (κ1) is 23.0. The second-order valence-corrected chi connectivity index (χ2v) is 8.53. The van der Waals surface area contributed by atoms with Gasteiger partial charge in [-0.15, -0.1) is 12.4 Å². The Morgan fingerprint density at radius 2 is 2.03 bits per heavy atom. The molecule has 4 aromatic rings. The van der Waals surface area contributed by atoms with Crippen LogP contribution in [-0.2, 0) is 24.2 Å². The van der Waals surface area contributed by atoms with Gasteiger partial charge in [0.15, 0.2) is 5.13 Å². The van der Waals surface area contributed by atoms with E-state index < -0.39 is 0 Å². The molecule has 0 spiro atoms. The van der Waals surface area contributed by atoms with Crippen molar-refractivity contribution in [3.63, 3.8) is 0 Å². The number of halogens is 1. The lowest BCUT2D eigenvalue weighted by Crippen LogP contribution is -2.33. The van der Waals surface area contributed by atoms with Crippen LogP contribution in [0.25, 0.3) is 10.2 Å². The summed E-state index contributed by atoms with van der Waals surface area (Å²) in [7, 11) is 0. The smallest absolute Gasteiger partial charge is 0.233 e. The van der Waals surface area contributed by atoms with Crippen molar-refractivity contribution in [2.75, 3.05) is 11.4 Å². The van der Waals surface area contributed by atoms with Crippen LogP contribution in [0.3, 0.4) is 0 Å². The Labute approximate surface area is 193 Å². The van der Waals surface area contributed by atoms with Crippen molar-refractivity contribution in [1.29, 1.82) is 0 Å². The number of aryl methyl sites for hydroxylation is 3. The maximum atomic E-state index is 13.3. The molecule has 0 aliphatic carbocycles. The van der Waals surface area contributed by atoms with Crippen LogP contribution < -0.4 is 4.90 Å². The second kappa shape index (κ2) is 10.6. The minimum absolute atomic E-state index is 0. The minimum Gasteiger partial charge on any atom is -0.337 e. The molecule has 2 aromatic carbocycles. The van der Waals surface area contributed by atoms with E-state index in [1.165, 1.54) is 11.1 Å². The van der Waals surface area contributed by atoms with Crippen LogP contribution in [0.1, 0.15) is 30.0 Å². The van der Waals surface area contributed by atoms with Gasteiger partial charge in [0.2, 0.25) is 5.91 Å². The SMILES string of the molecule is CCc1ccc2nc(N(CCCn3ccnc3)C(=O)Cc3cccc(C)c3)sc2c1.Cl. The number of carbonyl (C=O) groups is 1. The van der Waals surface area contributed by atoms with Crippen molar-refractivity contribution < 1.29 is 4.79 Å². The lowest BCUT2D eigenvalue weighted by molar-refractivity contribution is -0.118. The van der Waals surface area contributed by atoms with E-state index in [9.17, 15) is 4.79 Å². The number of hydrogen-bond donors (Lipinski definition) is 0. The molecule has 0 bridgehead atoms. The van der Waals surface area contributed by atoms with Gasteiger partial charge in [-0.1, -0.05) is 54.2 Å². The molecule has 0 aliphatic heterocycles. The lowest BCUT2D eigenvalue weighted by Gasteiger charge is -2.20. The zero-order chi connectivity index (χ0) is 20.9. The van der Waals surface area contributed by atoms with E-state index in [0.717, 1.165) is 40.3 Å². The molecule has 0 radical (unpaired) electrons. The number of benzene rings is 2. The third-order valence-corrected chi connectivity index (χ3v) is 6.22. The van der Waals surface area contributed by atoms with Gasteiger partial charge in [-0.25, -0.2) is 9.97 Å². The quantitative estimate of drug-likeness (QED) is 0.355. The van der Waals surface area contributed by atoms with Crippen molar-refractivity contribution in [3.8, 4) is 0 Å². The molecule has 31 heavy (non-hydrogen) atoms. The van der Waals surface area contributed by atoms with Crippen molar-refractivity contribution in [1.82, 2.24) is 14.5 Å². The molecule has 0 atom stereocenters. The molecule has 0 fully saturated rings. The van der Waals surface area contributed by atoms with Crippen molar-refractivity contribution >= 4 is 45.0 Å². The van der Waals surface area contributed by atoms with Crippen LogP contribution in [-0.4, -0.2) is 27.0 Å². The van der Waals surface area contributed by atoms with Gasteiger partial charge in [0, 0.05) is 25.5 Å². The summed E-state index contributed by atoms with van der Waals surface area (Å²) < 4.78 is 3.17. The van der Waals surface area contributed by atoms with E-state index >= 15 is 0 Å². The average Bonchev–Trinajstić information content (AvgIpc) is 3.40. The molecule has 0 unspecified atom stereocenters. The highest BCUT2D eigenvalue weighted by Gasteiger charge is 2.20. The molecule has 2 heterocycles. The Bertz CT molecular complexity index is 1140. The molecular formula is C24H27ClN4OS. The van der Waals surface area contributed by atoms with Gasteiger partial charge in [0.1, 0.15) is 0 Å². The van der Waals surface area contributed by atoms with Crippen molar-refractivity contribution in [3.05, 3.63) is 77.9 Å². The van der Waals surface area contributed by atoms with Crippen LogP contribution in [0, 0.1) is 6.92 Å². The summed E-state index contributed by atoms with van der Waals surface area (Å²) in [5.74, 6) is 0.0843. The third kappa shape index (κ3) is 5.71. The van der Waals surface area contributed by atoms with Crippen molar-refractivity contribution in [2.24, 2.45) is 0 Å². The van der Waals surface area contributed by atoms with Crippen molar-refractivity contribution in [2.45, 2.75) is 39.7 Å². The van der Waals surface area contributed by atoms with E-state index in [0.29, 0.717) is 13.0 Å². The second-order valence-electron chi connectivity index (χ2n) is 7.52. The number of amides is 1. The molecule has 4 rings (SSSR count). The number of imidazole rings is 1. The van der Waals surface area contributed by atoms with Crippen LogP contribution in [0.5, 0.6) is 0 Å². The maximum Gasteiger partial charge on any atom is 0.233 e. The van der Waals surface area contributed by atoms with Gasteiger partial charge in [-0.2, -0.15) is 0 Å². The monoisotopic (exact) mass is 454 g/mol. The van der Waals surface area contributed by atoms with Gasteiger partial charge in [-0.05, 0) is 43.0 Å². The molecule has 1 amide bonds. The number of rotatable bonds is 8. The highest BCUT2D eigenvalue weighted by Crippen LogP contribution is 2.30. The molecule has 162 valence electrons. The lowest BCUT2D eigenvalue weighted by atomic mass is 10.1. The van der Waals surface area contributed by atoms with Crippen LogP contribution >= 0.6 is 23.7 Å². The molecule has 2 aromatic heterocycles. The summed E-state index contributed by atoms with van der Waals surface area (Å²) in [6.45, 7) is 5.65. The molecule has 0 saturated heterocycles. The Morgan fingerprint density at radius 1 is 1.16 bits per heavy atom. The van der Waals surface area contributed by atoms with Gasteiger partial charge in [0.05, 0.1) is 23.0 Å². The molecule has 5 nitrogen and oxygen atoms in total. The largest absolute Gasteiger partial charge is 0.337 e.